The van der Waals surface area contributed by atoms with E-state index in [4.69, 9.17) is 33.2 Å². The minimum atomic E-state index is -2.47. The van der Waals surface area contributed by atoms with Crippen LogP contribution in [0.5, 0.6) is 0 Å². The Morgan fingerprint density at radius 3 is 2.03 bits per heavy atom. The summed E-state index contributed by atoms with van der Waals surface area (Å²) in [5, 5.41) is 28.8. The smallest absolute Gasteiger partial charge is 0.455 e. The van der Waals surface area contributed by atoms with E-state index in [2.05, 4.69) is 11.9 Å². The van der Waals surface area contributed by atoms with Crippen molar-refractivity contribution >= 4 is 41.7 Å². The number of aliphatic hydroxyl groups excluding tert-OH is 1. The third-order valence-electron chi connectivity index (χ3n) is 14.0. The molecule has 4 aliphatic rings. The summed E-state index contributed by atoms with van der Waals surface area (Å²) in [7, 11) is 0. The molecule has 68 heavy (non-hydrogen) atoms. The monoisotopic (exact) mass is 937 g/mol. The van der Waals surface area contributed by atoms with Gasteiger partial charge in [-0.15, -0.1) is 0 Å². The lowest BCUT2D eigenvalue weighted by atomic mass is 9.44. The molecular formula is C51H55NO16. The number of hydrogen-bond acceptors (Lipinski definition) is 16. The second-order valence-corrected chi connectivity index (χ2v) is 18.3. The van der Waals surface area contributed by atoms with E-state index < -0.39 is 119 Å². The minimum absolute atomic E-state index is 0.0413. The molecule has 1 aliphatic heterocycles. The zero-order chi connectivity index (χ0) is 49.3. The van der Waals surface area contributed by atoms with Crippen LogP contribution in [0, 0.1) is 16.7 Å². The molecule has 2 saturated carbocycles. The zero-order valence-corrected chi connectivity index (χ0v) is 38.5. The summed E-state index contributed by atoms with van der Waals surface area (Å²) in [4.78, 5) is 98.4. The van der Waals surface area contributed by atoms with Crippen LogP contribution in [0.15, 0.2) is 115 Å². The number of fused-ring (bicyclic) bond motifs is 5. The number of Topliss-reactive ketones (excluding diaryl/α,β-unsaturated/α-hetero) is 1. The van der Waals surface area contributed by atoms with Gasteiger partial charge in [0, 0.05) is 37.7 Å². The van der Waals surface area contributed by atoms with Crippen LogP contribution in [0.2, 0.25) is 0 Å². The lowest BCUT2D eigenvalue weighted by Crippen LogP contribution is -2.82. The Balaban J connectivity index is 1.42. The van der Waals surface area contributed by atoms with Crippen molar-refractivity contribution in [2.24, 2.45) is 16.7 Å². The summed E-state index contributed by atoms with van der Waals surface area (Å²) in [6.45, 7) is 11.1. The average molecular weight is 938 g/mol. The average Bonchev–Trinajstić information content (AvgIpc) is 3.30. The number of amides is 1. The van der Waals surface area contributed by atoms with Crippen LogP contribution in [0.25, 0.3) is 0 Å². The first-order valence-electron chi connectivity index (χ1n) is 22.2. The number of rotatable bonds is 13. The van der Waals surface area contributed by atoms with Crippen molar-refractivity contribution < 1.29 is 76.9 Å². The van der Waals surface area contributed by atoms with Gasteiger partial charge in [-0.2, -0.15) is 0 Å². The van der Waals surface area contributed by atoms with Gasteiger partial charge in [0.15, 0.2) is 17.5 Å². The van der Waals surface area contributed by atoms with E-state index in [0.717, 1.165) is 13.8 Å². The number of benzene rings is 3. The quantitative estimate of drug-likeness (QED) is 0.115. The molecule has 7 rings (SSSR count). The first-order valence-corrected chi connectivity index (χ1v) is 22.2. The molecule has 11 atom stereocenters. The molecular weight excluding hydrogens is 883 g/mol. The summed E-state index contributed by atoms with van der Waals surface area (Å²) in [6.07, 6.45) is -10.9. The lowest BCUT2D eigenvalue weighted by molar-refractivity contribution is -0.346. The van der Waals surface area contributed by atoms with E-state index in [1.807, 2.05) is 0 Å². The fourth-order valence-electron chi connectivity index (χ4n) is 10.5. The van der Waals surface area contributed by atoms with Gasteiger partial charge in [0.05, 0.1) is 29.6 Å². The topological polar surface area (TPSA) is 237 Å². The highest BCUT2D eigenvalue weighted by molar-refractivity contribution is 5.96. The Bertz CT molecular complexity index is 2490. The van der Waals surface area contributed by atoms with Crippen molar-refractivity contribution in [1.29, 1.82) is 0 Å². The van der Waals surface area contributed by atoms with Crippen molar-refractivity contribution in [3.05, 3.63) is 131 Å². The van der Waals surface area contributed by atoms with Gasteiger partial charge in [-0.3, -0.25) is 19.2 Å². The van der Waals surface area contributed by atoms with Crippen molar-refractivity contribution in [1.82, 2.24) is 5.32 Å². The van der Waals surface area contributed by atoms with Gasteiger partial charge in [-0.25, -0.2) is 14.4 Å². The van der Waals surface area contributed by atoms with Crippen molar-refractivity contribution in [2.45, 2.75) is 108 Å². The molecule has 2 bridgehead atoms. The molecule has 3 aromatic rings. The number of hydrogen-bond donors (Lipinski definition) is 3. The van der Waals surface area contributed by atoms with E-state index in [-0.39, 0.29) is 41.9 Å². The number of aliphatic hydroxyl groups is 2. The standard InChI is InChI=1S/C51H55NO16/c1-8-24-62-47(60)66-40(38(31-18-12-9-13-19-31)52-44(57)32-20-14-10-15-21-32)46(59)65-34-26-51(61)43(67-45(58)33-22-16-11-17-23-33)41-49(7,35(55)25-36-50(41,27-63-36)68-30(4)54)42(56)39(64-29(3)53)37(28(34)2)48(51,5)6/h8-23,34-36,38-41,43,55,61H,1,24-27H2,2-7H3,(H,52,57)/t34-,35-,36?,38-,39+,40+,41?,43?,49+,50-,51+/m0/s1. The van der Waals surface area contributed by atoms with E-state index in [9.17, 15) is 34.2 Å². The van der Waals surface area contributed by atoms with E-state index in [1.165, 1.54) is 58.0 Å². The predicted octanol–water partition coefficient (Wildman–Crippen LogP) is 5.08. The first-order chi connectivity index (χ1) is 32.2. The number of esters is 4. The highest BCUT2D eigenvalue weighted by Crippen LogP contribution is 2.64. The summed E-state index contributed by atoms with van der Waals surface area (Å²) < 4.78 is 41.4. The lowest BCUT2D eigenvalue weighted by Gasteiger charge is -2.67. The van der Waals surface area contributed by atoms with E-state index >= 15 is 9.59 Å². The molecule has 3 unspecified atom stereocenters. The number of ketones is 1. The van der Waals surface area contributed by atoms with Crippen LogP contribution in [-0.2, 0) is 52.3 Å². The molecule has 1 amide bonds. The third-order valence-corrected chi connectivity index (χ3v) is 14.0. The molecule has 1 saturated heterocycles. The number of carbonyl (C=O) groups excluding carboxylic acids is 7. The van der Waals surface area contributed by atoms with Gasteiger partial charge in [-0.05, 0) is 54.8 Å². The maximum absolute atomic E-state index is 15.7. The predicted molar refractivity (Wildman–Crippen MR) is 238 cm³/mol. The maximum atomic E-state index is 15.7. The number of ether oxygens (including phenoxy) is 7. The van der Waals surface area contributed by atoms with Crippen LogP contribution in [0.3, 0.4) is 0 Å². The second kappa shape index (κ2) is 19.1. The Morgan fingerprint density at radius 2 is 1.47 bits per heavy atom. The minimum Gasteiger partial charge on any atom is -0.455 e. The highest BCUT2D eigenvalue weighted by atomic mass is 16.7. The molecule has 0 radical (unpaired) electrons. The largest absolute Gasteiger partial charge is 0.509 e. The van der Waals surface area contributed by atoms with Crippen molar-refractivity contribution in [3.8, 4) is 0 Å². The van der Waals surface area contributed by atoms with Crippen LogP contribution >= 0.6 is 0 Å². The van der Waals surface area contributed by atoms with Crippen LogP contribution in [-0.4, -0.2) is 113 Å². The molecule has 1 heterocycles. The van der Waals surface area contributed by atoms with Gasteiger partial charge in [0.1, 0.15) is 36.6 Å². The maximum Gasteiger partial charge on any atom is 0.509 e. The molecule has 3 fully saturated rings. The van der Waals surface area contributed by atoms with E-state index in [1.54, 1.807) is 66.7 Å². The SMILES string of the molecule is C=CCOC(=O)O[C@@H](C(=O)O[C@H]1C[C@@]2(O)C(OC(=O)c3ccccc3)C3[C@]4(OC(C)=O)COC4C[C@H](O)[C@@]3(C)C(=O)[C@H](OC(C)=O)C(=C1C)C2(C)C)[C@@H](NC(=O)c1ccccc1)c1ccccc1. The zero-order valence-electron chi connectivity index (χ0n) is 38.5. The van der Waals surface area contributed by atoms with Crippen LogP contribution < -0.4 is 5.32 Å². The summed E-state index contributed by atoms with van der Waals surface area (Å²) in [5.74, 6) is -7.11. The number of carbonyl (C=O) groups is 7. The summed E-state index contributed by atoms with van der Waals surface area (Å²) >= 11 is 0. The Hall–Kier alpha value is -6.69. The normalized spacial score (nSPS) is 29.9. The van der Waals surface area contributed by atoms with Gasteiger partial charge in [0.25, 0.3) is 5.91 Å². The van der Waals surface area contributed by atoms with Crippen molar-refractivity contribution in [3.63, 3.8) is 0 Å². The third kappa shape index (κ3) is 8.69. The molecule has 3 aliphatic carbocycles. The molecule has 17 nitrogen and oxygen atoms in total. The first kappa shape index (κ1) is 49.2. The van der Waals surface area contributed by atoms with Gasteiger partial charge in [0.2, 0.25) is 6.10 Å². The highest BCUT2D eigenvalue weighted by Gasteiger charge is 2.78. The number of nitrogens with one attached hydrogen (secondary N) is 1. The summed E-state index contributed by atoms with van der Waals surface area (Å²) in [6, 6.07) is 22.5. The molecule has 3 aromatic carbocycles. The van der Waals surface area contributed by atoms with Crippen LogP contribution in [0.4, 0.5) is 4.79 Å². The van der Waals surface area contributed by atoms with Gasteiger partial charge in [-0.1, -0.05) is 93.2 Å². The molecule has 360 valence electrons. The van der Waals surface area contributed by atoms with E-state index in [0.29, 0.717) is 5.56 Å². The Labute approximate surface area is 392 Å². The fraction of sp³-hybridized carbons (Fsp3) is 0.431. The fourth-order valence-corrected chi connectivity index (χ4v) is 10.5. The summed E-state index contributed by atoms with van der Waals surface area (Å²) in [5.41, 5.74) is -7.50. The van der Waals surface area contributed by atoms with Gasteiger partial charge >= 0.3 is 30.0 Å². The van der Waals surface area contributed by atoms with Gasteiger partial charge < -0.3 is 48.7 Å². The van der Waals surface area contributed by atoms with Crippen LogP contribution in [0.1, 0.15) is 86.7 Å². The molecule has 17 heteroatoms. The van der Waals surface area contributed by atoms with Crippen molar-refractivity contribution in [2.75, 3.05) is 13.2 Å². The Kier molecular flexibility index (Phi) is 13.8. The molecule has 0 spiro atoms. The molecule has 3 N–H and O–H groups in total. The Morgan fingerprint density at radius 1 is 0.868 bits per heavy atom. The molecule has 0 aromatic heterocycles. The second-order valence-electron chi connectivity index (χ2n) is 18.3.